The van der Waals surface area contributed by atoms with Gasteiger partial charge < -0.3 is 5.32 Å². The van der Waals surface area contributed by atoms with Crippen molar-refractivity contribution in [2.75, 3.05) is 5.32 Å². The smallest absolute Gasteiger partial charge is 0.325 e. The van der Waals surface area contributed by atoms with Gasteiger partial charge in [-0.2, -0.15) is 13.2 Å². The predicted molar refractivity (Wildman–Crippen MR) is 114 cm³/mol. The van der Waals surface area contributed by atoms with Gasteiger partial charge in [0.2, 0.25) is 15.9 Å². The lowest BCUT2D eigenvalue weighted by Gasteiger charge is -2.13. The SMILES string of the molecule is CC(C)NS(=O)(=O)c1ccc(NC(=O)C(C)Sc2nnc3ccc(C(F)(F)F)cn23)cc1. The van der Waals surface area contributed by atoms with E-state index >= 15 is 0 Å². The molecule has 172 valence electrons. The van der Waals surface area contributed by atoms with Gasteiger partial charge in [0.1, 0.15) is 0 Å². The Bertz CT molecular complexity index is 1230. The first-order valence-corrected chi connectivity index (χ1v) is 11.7. The molecule has 0 aliphatic carbocycles. The van der Waals surface area contributed by atoms with Crippen LogP contribution >= 0.6 is 11.8 Å². The van der Waals surface area contributed by atoms with E-state index in [1.165, 1.54) is 34.7 Å². The van der Waals surface area contributed by atoms with E-state index in [1.54, 1.807) is 20.8 Å². The molecule has 0 aliphatic heterocycles. The Balaban J connectivity index is 1.70. The van der Waals surface area contributed by atoms with Crippen molar-refractivity contribution in [3.05, 3.63) is 48.2 Å². The molecular formula is C19H20F3N5O3S2. The maximum absolute atomic E-state index is 13.0. The zero-order valence-corrected chi connectivity index (χ0v) is 18.8. The molecule has 13 heteroatoms. The summed E-state index contributed by atoms with van der Waals surface area (Å²) in [5.41, 5.74) is -0.262. The monoisotopic (exact) mass is 487 g/mol. The number of carbonyl (C=O) groups excluding carboxylic acids is 1. The second kappa shape index (κ2) is 9.08. The number of halogens is 3. The zero-order valence-electron chi connectivity index (χ0n) is 17.2. The van der Waals surface area contributed by atoms with Gasteiger partial charge in [0.25, 0.3) is 0 Å². The van der Waals surface area contributed by atoms with E-state index in [2.05, 4.69) is 20.2 Å². The van der Waals surface area contributed by atoms with Gasteiger partial charge in [-0.15, -0.1) is 10.2 Å². The Hall–Kier alpha value is -2.64. The van der Waals surface area contributed by atoms with E-state index in [0.29, 0.717) is 5.69 Å². The number of amides is 1. The summed E-state index contributed by atoms with van der Waals surface area (Å²) in [5.74, 6) is -0.436. The summed E-state index contributed by atoms with van der Waals surface area (Å²) in [6.45, 7) is 4.97. The van der Waals surface area contributed by atoms with Crippen LogP contribution in [0.1, 0.15) is 26.3 Å². The van der Waals surface area contributed by atoms with Crippen molar-refractivity contribution in [1.82, 2.24) is 19.3 Å². The number of nitrogens with zero attached hydrogens (tertiary/aromatic N) is 3. The van der Waals surface area contributed by atoms with Crippen LogP contribution < -0.4 is 10.0 Å². The van der Waals surface area contributed by atoms with Crippen LogP contribution in [-0.2, 0) is 21.0 Å². The third kappa shape index (κ3) is 5.58. The lowest BCUT2D eigenvalue weighted by atomic mass is 10.3. The second-order valence-corrected chi connectivity index (χ2v) is 10.2. The van der Waals surface area contributed by atoms with E-state index < -0.39 is 32.9 Å². The molecule has 3 aromatic rings. The van der Waals surface area contributed by atoms with Crippen LogP contribution in [0.3, 0.4) is 0 Å². The van der Waals surface area contributed by atoms with Crippen LogP contribution in [0.15, 0.2) is 52.6 Å². The predicted octanol–water partition coefficient (Wildman–Crippen LogP) is 3.55. The fraction of sp³-hybridized carbons (Fsp3) is 0.316. The van der Waals surface area contributed by atoms with Crippen molar-refractivity contribution in [3.8, 4) is 0 Å². The number of fused-ring (bicyclic) bond motifs is 1. The maximum atomic E-state index is 13.0. The summed E-state index contributed by atoms with van der Waals surface area (Å²) < 4.78 is 66.9. The van der Waals surface area contributed by atoms with E-state index in [4.69, 9.17) is 0 Å². The number of carbonyl (C=O) groups is 1. The van der Waals surface area contributed by atoms with E-state index in [0.717, 1.165) is 24.0 Å². The molecule has 3 rings (SSSR count). The molecule has 1 unspecified atom stereocenters. The highest BCUT2D eigenvalue weighted by molar-refractivity contribution is 8.00. The van der Waals surface area contributed by atoms with Crippen LogP contribution in [0.2, 0.25) is 0 Å². The van der Waals surface area contributed by atoms with Gasteiger partial charge in [0.15, 0.2) is 10.8 Å². The number of sulfonamides is 1. The average Bonchev–Trinajstić information content (AvgIpc) is 3.09. The minimum atomic E-state index is -4.52. The second-order valence-electron chi connectivity index (χ2n) is 7.18. The number of nitrogens with one attached hydrogen (secondary N) is 2. The molecule has 32 heavy (non-hydrogen) atoms. The number of pyridine rings is 1. The molecule has 2 heterocycles. The number of alkyl halides is 3. The maximum Gasteiger partial charge on any atom is 0.417 e. The van der Waals surface area contributed by atoms with Crippen LogP contribution in [0.4, 0.5) is 18.9 Å². The zero-order chi connectivity index (χ0) is 23.7. The highest BCUT2D eigenvalue weighted by Gasteiger charge is 2.31. The lowest BCUT2D eigenvalue weighted by molar-refractivity contribution is -0.137. The number of hydrogen-bond acceptors (Lipinski definition) is 6. The number of anilines is 1. The Morgan fingerprint density at radius 2 is 1.72 bits per heavy atom. The molecule has 0 saturated carbocycles. The van der Waals surface area contributed by atoms with Crippen molar-refractivity contribution in [2.24, 2.45) is 0 Å². The first kappa shape index (κ1) is 24.0. The lowest BCUT2D eigenvalue weighted by Crippen LogP contribution is -2.30. The summed E-state index contributed by atoms with van der Waals surface area (Å²) in [5, 5.41) is 9.75. The molecule has 0 bridgehead atoms. The van der Waals surface area contributed by atoms with Gasteiger partial charge in [-0.05, 0) is 57.2 Å². The fourth-order valence-corrected chi connectivity index (χ4v) is 4.75. The molecule has 1 atom stereocenters. The number of hydrogen-bond donors (Lipinski definition) is 2. The molecule has 0 aliphatic rings. The van der Waals surface area contributed by atoms with Crippen molar-refractivity contribution >= 4 is 39.0 Å². The Morgan fingerprint density at radius 1 is 1.06 bits per heavy atom. The first-order chi connectivity index (χ1) is 14.9. The van der Waals surface area contributed by atoms with E-state index in [-0.39, 0.29) is 21.7 Å². The Kier molecular flexibility index (Phi) is 6.81. The van der Waals surface area contributed by atoms with Gasteiger partial charge in [-0.1, -0.05) is 11.8 Å². The number of rotatable bonds is 7. The Labute approximate surface area is 186 Å². The number of thioether (sulfide) groups is 1. The van der Waals surface area contributed by atoms with Crippen molar-refractivity contribution in [2.45, 2.75) is 48.3 Å². The van der Waals surface area contributed by atoms with Gasteiger partial charge in [0, 0.05) is 17.9 Å². The summed E-state index contributed by atoms with van der Waals surface area (Å²) in [6, 6.07) is 7.48. The average molecular weight is 488 g/mol. The minimum absolute atomic E-state index is 0.0574. The third-order valence-corrected chi connectivity index (χ3v) is 6.90. The van der Waals surface area contributed by atoms with Crippen LogP contribution in [0, 0.1) is 0 Å². The van der Waals surface area contributed by atoms with Crippen LogP contribution in [-0.4, -0.2) is 40.2 Å². The van der Waals surface area contributed by atoms with E-state index in [1.807, 2.05) is 0 Å². The van der Waals surface area contributed by atoms with Gasteiger partial charge in [-0.25, -0.2) is 13.1 Å². The van der Waals surface area contributed by atoms with Crippen molar-refractivity contribution < 1.29 is 26.4 Å². The minimum Gasteiger partial charge on any atom is -0.325 e. The molecule has 0 fully saturated rings. The molecule has 2 aromatic heterocycles. The third-order valence-electron chi connectivity index (χ3n) is 4.17. The largest absolute Gasteiger partial charge is 0.417 e. The van der Waals surface area contributed by atoms with Gasteiger partial charge in [0.05, 0.1) is 15.7 Å². The van der Waals surface area contributed by atoms with Crippen LogP contribution in [0.5, 0.6) is 0 Å². The molecule has 0 saturated heterocycles. The quantitative estimate of drug-likeness (QED) is 0.494. The fourth-order valence-electron chi connectivity index (χ4n) is 2.67. The molecule has 8 nitrogen and oxygen atoms in total. The Morgan fingerprint density at radius 3 is 2.31 bits per heavy atom. The molecule has 2 N–H and O–H groups in total. The molecule has 0 spiro atoms. The first-order valence-electron chi connectivity index (χ1n) is 9.39. The normalized spacial score (nSPS) is 13.5. The summed E-state index contributed by atoms with van der Waals surface area (Å²) >= 11 is 0.945. The number of aromatic nitrogens is 3. The standard InChI is InChI=1S/C19H20F3N5O3S2/c1-11(2)26-32(29,30)15-7-5-14(6-8-15)23-17(28)12(3)31-18-25-24-16-9-4-13(10-27(16)18)19(20,21)22/h4-12,26H,1-3H3,(H,23,28). The highest BCUT2D eigenvalue weighted by atomic mass is 32.2. The topological polar surface area (TPSA) is 105 Å². The molecule has 1 amide bonds. The van der Waals surface area contributed by atoms with Crippen molar-refractivity contribution in [3.63, 3.8) is 0 Å². The van der Waals surface area contributed by atoms with E-state index in [9.17, 15) is 26.4 Å². The van der Waals surface area contributed by atoms with Gasteiger partial charge in [-0.3, -0.25) is 9.20 Å². The van der Waals surface area contributed by atoms with Crippen molar-refractivity contribution in [1.29, 1.82) is 0 Å². The number of benzene rings is 1. The summed E-state index contributed by atoms with van der Waals surface area (Å²) in [6.07, 6.45) is -3.64. The molecule has 1 aromatic carbocycles. The molecule has 0 radical (unpaired) electrons. The summed E-state index contributed by atoms with van der Waals surface area (Å²) in [7, 11) is -3.66. The van der Waals surface area contributed by atoms with Crippen LogP contribution in [0.25, 0.3) is 5.65 Å². The summed E-state index contributed by atoms with van der Waals surface area (Å²) in [4.78, 5) is 12.6. The molecular weight excluding hydrogens is 467 g/mol. The van der Waals surface area contributed by atoms with Gasteiger partial charge >= 0.3 is 6.18 Å². The highest BCUT2D eigenvalue weighted by Crippen LogP contribution is 2.31.